The van der Waals surface area contributed by atoms with Crippen LogP contribution in [0.2, 0.25) is 0 Å². The van der Waals surface area contributed by atoms with E-state index in [0.717, 1.165) is 11.1 Å². The number of hydrogen-bond acceptors (Lipinski definition) is 4. The molecule has 0 radical (unpaired) electrons. The van der Waals surface area contributed by atoms with E-state index in [-0.39, 0.29) is 0 Å². The van der Waals surface area contributed by atoms with E-state index in [9.17, 15) is 9.18 Å². The third-order valence-electron chi connectivity index (χ3n) is 4.93. The van der Waals surface area contributed by atoms with E-state index in [4.69, 9.17) is 15.2 Å². The van der Waals surface area contributed by atoms with Crippen molar-refractivity contribution in [2.24, 2.45) is 5.73 Å². The van der Waals surface area contributed by atoms with E-state index in [0.29, 0.717) is 34.1 Å². The molecule has 0 spiro atoms. The molecule has 7 heteroatoms. The van der Waals surface area contributed by atoms with E-state index in [2.05, 4.69) is 5.10 Å². The van der Waals surface area contributed by atoms with Crippen LogP contribution in [0.25, 0.3) is 28.2 Å². The van der Waals surface area contributed by atoms with Crippen molar-refractivity contribution in [1.82, 2.24) is 9.78 Å². The Hall–Kier alpha value is -4.13. The maximum Gasteiger partial charge on any atom is 0.248 e. The number of amides is 1. The van der Waals surface area contributed by atoms with Crippen molar-refractivity contribution in [2.45, 2.75) is 0 Å². The molecule has 156 valence electrons. The molecule has 1 heterocycles. The number of hydrogen-bond donors (Lipinski definition) is 1. The maximum atomic E-state index is 14.6. The van der Waals surface area contributed by atoms with Gasteiger partial charge in [-0.25, -0.2) is 9.07 Å². The third kappa shape index (κ3) is 3.85. The molecule has 4 aromatic rings. The van der Waals surface area contributed by atoms with Crippen LogP contribution in [-0.4, -0.2) is 29.9 Å². The Morgan fingerprint density at radius 1 is 0.903 bits per heavy atom. The third-order valence-corrected chi connectivity index (χ3v) is 4.93. The molecule has 0 unspecified atom stereocenters. The van der Waals surface area contributed by atoms with Gasteiger partial charge in [-0.15, -0.1) is 0 Å². The van der Waals surface area contributed by atoms with E-state index in [1.807, 2.05) is 18.2 Å². The van der Waals surface area contributed by atoms with Crippen LogP contribution in [0, 0.1) is 5.82 Å². The van der Waals surface area contributed by atoms with Crippen molar-refractivity contribution in [2.75, 3.05) is 14.2 Å². The lowest BCUT2D eigenvalue weighted by molar-refractivity contribution is 0.100. The van der Waals surface area contributed by atoms with Crippen molar-refractivity contribution >= 4 is 5.91 Å². The van der Waals surface area contributed by atoms with E-state index in [1.54, 1.807) is 67.4 Å². The van der Waals surface area contributed by atoms with Crippen LogP contribution >= 0.6 is 0 Å². The molecule has 0 fully saturated rings. The molecule has 0 aliphatic heterocycles. The van der Waals surface area contributed by atoms with Crippen molar-refractivity contribution in [3.05, 3.63) is 84.2 Å². The molecule has 4 rings (SSSR count). The van der Waals surface area contributed by atoms with E-state index < -0.39 is 11.7 Å². The van der Waals surface area contributed by atoms with Crippen LogP contribution in [0.5, 0.6) is 11.5 Å². The first kappa shape index (κ1) is 20.2. The minimum absolute atomic E-state index is 0.312. The summed E-state index contributed by atoms with van der Waals surface area (Å²) in [7, 11) is 3.12. The van der Waals surface area contributed by atoms with Crippen molar-refractivity contribution < 1.29 is 18.7 Å². The predicted molar refractivity (Wildman–Crippen MR) is 116 cm³/mol. The number of rotatable bonds is 6. The smallest absolute Gasteiger partial charge is 0.248 e. The fraction of sp³-hybridized carbons (Fsp3) is 0.0833. The first-order valence-corrected chi connectivity index (χ1v) is 9.49. The molecule has 0 atom stereocenters. The summed E-state index contributed by atoms with van der Waals surface area (Å²) in [6.07, 6.45) is 0. The number of methoxy groups -OCH3 is 2. The van der Waals surface area contributed by atoms with E-state index in [1.165, 1.54) is 6.07 Å². The fourth-order valence-corrected chi connectivity index (χ4v) is 3.34. The van der Waals surface area contributed by atoms with Crippen LogP contribution < -0.4 is 15.2 Å². The molecule has 1 amide bonds. The topological polar surface area (TPSA) is 79.4 Å². The highest BCUT2D eigenvalue weighted by atomic mass is 19.1. The molecular formula is C24H20FN3O3. The van der Waals surface area contributed by atoms with Gasteiger partial charge in [0, 0.05) is 16.7 Å². The van der Waals surface area contributed by atoms with Gasteiger partial charge >= 0.3 is 0 Å². The largest absolute Gasteiger partial charge is 0.493 e. The standard InChI is InChI=1S/C24H20FN3O3/c1-30-22-12-11-17(13-23(22)31-2)21-14-19(15-7-9-16(10-8-15)24(26)29)27-28(21)20-6-4-3-5-18(20)25/h3-14H,1-2H3,(H2,26,29). The second-order valence-electron chi connectivity index (χ2n) is 6.79. The number of benzene rings is 3. The zero-order chi connectivity index (χ0) is 22.0. The van der Waals surface area contributed by atoms with Crippen molar-refractivity contribution in [3.63, 3.8) is 0 Å². The average molecular weight is 417 g/mol. The summed E-state index contributed by atoms with van der Waals surface area (Å²) in [5, 5.41) is 4.65. The number of ether oxygens (including phenoxy) is 2. The lowest BCUT2D eigenvalue weighted by atomic mass is 10.1. The molecule has 0 saturated carbocycles. The second kappa shape index (κ2) is 8.31. The van der Waals surface area contributed by atoms with Gasteiger partial charge < -0.3 is 15.2 Å². The summed E-state index contributed by atoms with van der Waals surface area (Å²) in [4.78, 5) is 11.4. The van der Waals surface area contributed by atoms with Crippen molar-refractivity contribution in [3.8, 4) is 39.7 Å². The first-order valence-electron chi connectivity index (χ1n) is 9.49. The molecular weight excluding hydrogens is 397 g/mol. The zero-order valence-corrected chi connectivity index (χ0v) is 17.0. The Bertz CT molecular complexity index is 1250. The Labute approximate surface area is 178 Å². The normalized spacial score (nSPS) is 10.7. The highest BCUT2D eigenvalue weighted by Crippen LogP contribution is 2.35. The van der Waals surface area contributed by atoms with Crippen molar-refractivity contribution in [1.29, 1.82) is 0 Å². The number of primary amides is 1. The summed E-state index contributed by atoms with van der Waals surface area (Å²) in [5.74, 6) is 0.233. The van der Waals surface area contributed by atoms with Gasteiger partial charge in [0.15, 0.2) is 11.5 Å². The second-order valence-corrected chi connectivity index (χ2v) is 6.79. The van der Waals surface area contributed by atoms with Gasteiger partial charge in [-0.05, 0) is 48.5 Å². The highest BCUT2D eigenvalue weighted by molar-refractivity contribution is 5.93. The van der Waals surface area contributed by atoms with Crippen LogP contribution in [0.1, 0.15) is 10.4 Å². The number of nitrogens with zero attached hydrogens (tertiary/aromatic N) is 2. The number of aromatic nitrogens is 2. The van der Waals surface area contributed by atoms with Gasteiger partial charge in [0.05, 0.1) is 25.6 Å². The zero-order valence-electron chi connectivity index (χ0n) is 17.0. The van der Waals surface area contributed by atoms with Crippen LogP contribution in [0.15, 0.2) is 72.8 Å². The quantitative estimate of drug-likeness (QED) is 0.502. The highest BCUT2D eigenvalue weighted by Gasteiger charge is 2.17. The number of carbonyl (C=O) groups excluding carboxylic acids is 1. The summed E-state index contributed by atoms with van der Waals surface area (Å²) in [6.45, 7) is 0. The SMILES string of the molecule is COc1ccc(-c2cc(-c3ccc(C(N)=O)cc3)nn2-c2ccccc2F)cc1OC. The summed E-state index contributed by atoms with van der Waals surface area (Å²) in [6, 6.07) is 20.5. The summed E-state index contributed by atoms with van der Waals surface area (Å²) in [5.41, 5.74) is 8.86. The Kier molecular flexibility index (Phi) is 5.41. The molecule has 0 bridgehead atoms. The summed E-state index contributed by atoms with van der Waals surface area (Å²) >= 11 is 0. The molecule has 2 N–H and O–H groups in total. The predicted octanol–water partition coefficient (Wildman–Crippen LogP) is 4.46. The first-order chi connectivity index (χ1) is 15.0. The van der Waals surface area contributed by atoms with Gasteiger partial charge in [-0.1, -0.05) is 24.3 Å². The number of halogens is 1. The van der Waals surface area contributed by atoms with Crippen LogP contribution in [0.3, 0.4) is 0 Å². The van der Waals surface area contributed by atoms with Gasteiger partial charge in [-0.3, -0.25) is 4.79 Å². The summed E-state index contributed by atoms with van der Waals surface area (Å²) < 4.78 is 26.9. The molecule has 0 aliphatic carbocycles. The Balaban J connectivity index is 1.89. The lowest BCUT2D eigenvalue weighted by Crippen LogP contribution is -2.10. The molecule has 0 aliphatic rings. The Morgan fingerprint density at radius 3 is 2.23 bits per heavy atom. The lowest BCUT2D eigenvalue weighted by Gasteiger charge is -2.11. The van der Waals surface area contributed by atoms with E-state index >= 15 is 0 Å². The minimum Gasteiger partial charge on any atom is -0.493 e. The van der Waals surface area contributed by atoms with Gasteiger partial charge in [0.1, 0.15) is 11.5 Å². The van der Waals surface area contributed by atoms with Crippen LogP contribution in [0.4, 0.5) is 4.39 Å². The monoisotopic (exact) mass is 417 g/mol. The molecule has 0 saturated heterocycles. The van der Waals surface area contributed by atoms with Crippen LogP contribution in [-0.2, 0) is 0 Å². The van der Waals surface area contributed by atoms with Gasteiger partial charge in [0.2, 0.25) is 5.91 Å². The molecule has 3 aromatic carbocycles. The number of para-hydroxylation sites is 1. The number of carbonyl (C=O) groups is 1. The number of nitrogens with two attached hydrogens (primary N) is 1. The molecule has 1 aromatic heterocycles. The molecule has 6 nitrogen and oxygen atoms in total. The van der Waals surface area contributed by atoms with Gasteiger partial charge in [-0.2, -0.15) is 5.10 Å². The fourth-order valence-electron chi connectivity index (χ4n) is 3.34. The Morgan fingerprint density at radius 2 is 1.58 bits per heavy atom. The molecule has 31 heavy (non-hydrogen) atoms. The van der Waals surface area contributed by atoms with Gasteiger partial charge in [0.25, 0.3) is 0 Å². The average Bonchev–Trinajstić information content (AvgIpc) is 3.24. The maximum absolute atomic E-state index is 14.6. The minimum atomic E-state index is -0.505.